The number of hydrogen-bond acceptors (Lipinski definition) is 2. The Balaban J connectivity index is 2.02. The van der Waals surface area contributed by atoms with E-state index in [1.807, 2.05) is 45.0 Å². The van der Waals surface area contributed by atoms with Crippen molar-refractivity contribution in [3.63, 3.8) is 0 Å². The van der Waals surface area contributed by atoms with E-state index in [4.69, 9.17) is 0 Å². The van der Waals surface area contributed by atoms with Crippen LogP contribution in [0.2, 0.25) is 0 Å². The van der Waals surface area contributed by atoms with Gasteiger partial charge in [-0.3, -0.25) is 0 Å². The molecular formula is C20H25N3O. The molecular weight excluding hydrogens is 298 g/mol. The van der Waals surface area contributed by atoms with Crippen molar-refractivity contribution in [1.29, 1.82) is 0 Å². The third-order valence-corrected chi connectivity index (χ3v) is 4.16. The Morgan fingerprint density at radius 3 is 1.96 bits per heavy atom. The van der Waals surface area contributed by atoms with Gasteiger partial charge in [0.1, 0.15) is 0 Å². The fourth-order valence-corrected chi connectivity index (χ4v) is 3.26. The molecule has 4 heteroatoms. The Hall–Kier alpha value is -2.49. The number of carbonyl (C=O) groups excluding carboxylic acids is 1. The first kappa shape index (κ1) is 16.4. The molecule has 2 amide bonds. The molecule has 1 heterocycles. The minimum atomic E-state index is -0.271. The van der Waals surface area contributed by atoms with Gasteiger partial charge in [0.05, 0.1) is 6.04 Å². The summed E-state index contributed by atoms with van der Waals surface area (Å²) in [6.07, 6.45) is 0. The molecule has 0 bridgehead atoms. The maximum absolute atomic E-state index is 12.5. The van der Waals surface area contributed by atoms with Crippen LogP contribution in [-0.2, 0) is 0 Å². The smallest absolute Gasteiger partial charge is 0.315 e. The molecule has 0 fully saturated rings. The Kier molecular flexibility index (Phi) is 4.22. The van der Waals surface area contributed by atoms with Crippen molar-refractivity contribution in [3.8, 4) is 0 Å². The summed E-state index contributed by atoms with van der Waals surface area (Å²) < 4.78 is 0. The monoisotopic (exact) mass is 323 g/mol. The number of urea groups is 1. The first-order chi connectivity index (χ1) is 11.4. The van der Waals surface area contributed by atoms with Crippen LogP contribution in [0.15, 0.2) is 48.5 Å². The molecule has 4 nitrogen and oxygen atoms in total. The van der Waals surface area contributed by atoms with E-state index in [1.165, 1.54) is 0 Å². The van der Waals surface area contributed by atoms with Gasteiger partial charge in [-0.2, -0.15) is 0 Å². The van der Waals surface area contributed by atoms with Crippen LogP contribution in [0.3, 0.4) is 0 Å². The molecule has 0 aromatic heterocycles. The van der Waals surface area contributed by atoms with Gasteiger partial charge >= 0.3 is 6.03 Å². The summed E-state index contributed by atoms with van der Waals surface area (Å²) in [6, 6.07) is 16.3. The van der Waals surface area contributed by atoms with Crippen LogP contribution >= 0.6 is 0 Å². The van der Waals surface area contributed by atoms with Gasteiger partial charge in [-0.1, -0.05) is 36.4 Å². The van der Waals surface area contributed by atoms with Crippen molar-refractivity contribution in [2.75, 3.05) is 11.4 Å². The number of nitrogens with zero attached hydrogens (tertiary/aromatic N) is 1. The summed E-state index contributed by atoms with van der Waals surface area (Å²) in [6.45, 7) is 8.97. The number of benzene rings is 2. The second kappa shape index (κ2) is 6.19. The van der Waals surface area contributed by atoms with Crippen molar-refractivity contribution in [3.05, 3.63) is 59.7 Å². The lowest BCUT2D eigenvalue weighted by molar-refractivity contribution is 0.229. The summed E-state index contributed by atoms with van der Waals surface area (Å²) in [5.74, 6) is 0. The molecule has 24 heavy (non-hydrogen) atoms. The average molecular weight is 323 g/mol. The standard InChI is InChI=1S/C20H25N3O/c1-5-23-16-12-8-6-10-14(16)18(15-11-7-9-13-17(15)23)21-19(24)22-20(2,3)4/h6-13,18H,5H2,1-4H3,(H2,21,22,24). The number of para-hydroxylation sites is 2. The quantitative estimate of drug-likeness (QED) is 0.863. The fourth-order valence-electron chi connectivity index (χ4n) is 3.26. The molecule has 2 aromatic carbocycles. The molecule has 0 unspecified atom stereocenters. The highest BCUT2D eigenvalue weighted by Crippen LogP contribution is 2.43. The number of rotatable bonds is 2. The predicted octanol–water partition coefficient (Wildman–Crippen LogP) is 4.35. The van der Waals surface area contributed by atoms with Crippen LogP contribution in [-0.4, -0.2) is 18.1 Å². The normalized spacial score (nSPS) is 13.9. The summed E-state index contributed by atoms with van der Waals surface area (Å²) in [4.78, 5) is 14.8. The number of carbonyl (C=O) groups is 1. The van der Waals surface area contributed by atoms with Crippen LogP contribution in [0.4, 0.5) is 16.2 Å². The maximum Gasteiger partial charge on any atom is 0.315 e. The van der Waals surface area contributed by atoms with Gasteiger partial charge in [0, 0.05) is 34.6 Å². The minimum absolute atomic E-state index is 0.150. The van der Waals surface area contributed by atoms with Gasteiger partial charge in [-0.05, 0) is 39.8 Å². The molecule has 2 N–H and O–H groups in total. The van der Waals surface area contributed by atoms with Crippen molar-refractivity contribution < 1.29 is 4.79 Å². The highest BCUT2D eigenvalue weighted by molar-refractivity contribution is 5.81. The van der Waals surface area contributed by atoms with E-state index in [2.05, 4.69) is 46.7 Å². The fraction of sp³-hybridized carbons (Fsp3) is 0.350. The number of amides is 2. The van der Waals surface area contributed by atoms with Crippen molar-refractivity contribution >= 4 is 17.4 Å². The Bertz CT molecular complexity index is 701. The molecule has 0 atom stereocenters. The lowest BCUT2D eigenvalue weighted by Crippen LogP contribution is -2.48. The molecule has 1 aliphatic rings. The molecule has 3 rings (SSSR count). The number of anilines is 2. The van der Waals surface area contributed by atoms with Crippen LogP contribution in [0, 0.1) is 0 Å². The summed E-state index contributed by atoms with van der Waals surface area (Å²) in [5, 5.41) is 6.15. The summed E-state index contributed by atoms with van der Waals surface area (Å²) >= 11 is 0. The van der Waals surface area contributed by atoms with E-state index in [0.717, 1.165) is 29.0 Å². The third kappa shape index (κ3) is 3.09. The van der Waals surface area contributed by atoms with Crippen LogP contribution < -0.4 is 15.5 Å². The molecule has 0 spiro atoms. The van der Waals surface area contributed by atoms with E-state index < -0.39 is 0 Å². The number of nitrogens with one attached hydrogen (secondary N) is 2. The van der Waals surface area contributed by atoms with Crippen LogP contribution in [0.5, 0.6) is 0 Å². The van der Waals surface area contributed by atoms with E-state index in [1.54, 1.807) is 0 Å². The summed E-state index contributed by atoms with van der Waals surface area (Å²) in [5.41, 5.74) is 4.29. The first-order valence-corrected chi connectivity index (χ1v) is 8.45. The second-order valence-electron chi connectivity index (χ2n) is 7.14. The Morgan fingerprint density at radius 1 is 1.00 bits per heavy atom. The zero-order chi connectivity index (χ0) is 17.3. The van der Waals surface area contributed by atoms with E-state index >= 15 is 0 Å². The maximum atomic E-state index is 12.5. The van der Waals surface area contributed by atoms with Gasteiger partial charge in [0.25, 0.3) is 0 Å². The Morgan fingerprint density at radius 2 is 1.50 bits per heavy atom. The minimum Gasteiger partial charge on any atom is -0.341 e. The van der Waals surface area contributed by atoms with E-state index in [-0.39, 0.29) is 17.6 Å². The molecule has 0 saturated carbocycles. The lowest BCUT2D eigenvalue weighted by Gasteiger charge is -2.37. The molecule has 0 aliphatic carbocycles. The SMILES string of the molecule is CCN1c2ccccc2C(NC(=O)NC(C)(C)C)c2ccccc21. The molecule has 126 valence electrons. The first-order valence-electron chi connectivity index (χ1n) is 8.45. The van der Waals surface area contributed by atoms with Gasteiger partial charge in [0.2, 0.25) is 0 Å². The number of hydrogen-bond donors (Lipinski definition) is 2. The molecule has 1 aliphatic heterocycles. The predicted molar refractivity (Wildman–Crippen MR) is 98.8 cm³/mol. The molecule has 0 saturated heterocycles. The van der Waals surface area contributed by atoms with E-state index in [9.17, 15) is 4.79 Å². The van der Waals surface area contributed by atoms with Gasteiger partial charge < -0.3 is 15.5 Å². The third-order valence-electron chi connectivity index (χ3n) is 4.16. The lowest BCUT2D eigenvalue weighted by atomic mass is 9.90. The van der Waals surface area contributed by atoms with Gasteiger partial charge in [0.15, 0.2) is 0 Å². The van der Waals surface area contributed by atoms with Crippen molar-refractivity contribution in [2.24, 2.45) is 0 Å². The second-order valence-corrected chi connectivity index (χ2v) is 7.14. The van der Waals surface area contributed by atoms with Crippen molar-refractivity contribution in [2.45, 2.75) is 39.3 Å². The van der Waals surface area contributed by atoms with Crippen LogP contribution in [0.1, 0.15) is 44.9 Å². The largest absolute Gasteiger partial charge is 0.341 e. The van der Waals surface area contributed by atoms with Gasteiger partial charge in [-0.25, -0.2) is 4.79 Å². The Labute approximate surface area is 143 Å². The highest BCUT2D eigenvalue weighted by Gasteiger charge is 2.30. The van der Waals surface area contributed by atoms with Crippen LogP contribution in [0.25, 0.3) is 0 Å². The topological polar surface area (TPSA) is 44.4 Å². The highest BCUT2D eigenvalue weighted by atomic mass is 16.2. The zero-order valence-electron chi connectivity index (χ0n) is 14.8. The van der Waals surface area contributed by atoms with Crippen molar-refractivity contribution in [1.82, 2.24) is 10.6 Å². The average Bonchev–Trinajstić information content (AvgIpc) is 2.53. The van der Waals surface area contributed by atoms with Gasteiger partial charge in [-0.15, -0.1) is 0 Å². The molecule has 0 radical (unpaired) electrons. The summed E-state index contributed by atoms with van der Waals surface area (Å²) in [7, 11) is 0. The number of fused-ring (bicyclic) bond motifs is 2. The van der Waals surface area contributed by atoms with E-state index in [0.29, 0.717) is 0 Å². The zero-order valence-corrected chi connectivity index (χ0v) is 14.8. The molecule has 2 aromatic rings.